The summed E-state index contributed by atoms with van der Waals surface area (Å²) < 4.78 is 0. The highest BCUT2D eigenvalue weighted by atomic mass is 35.5. The molecule has 2 amide bonds. The summed E-state index contributed by atoms with van der Waals surface area (Å²) in [5.74, 6) is 0. The molecule has 1 aliphatic heterocycles. The normalized spacial score (nSPS) is 15.7. The second-order valence-corrected chi connectivity index (χ2v) is 8.77. The zero-order valence-electron chi connectivity index (χ0n) is 17.0. The van der Waals surface area contributed by atoms with Gasteiger partial charge < -0.3 is 15.2 Å². The largest absolute Gasteiger partial charge is 0.356 e. The summed E-state index contributed by atoms with van der Waals surface area (Å²) in [6.45, 7) is 2.66. The van der Waals surface area contributed by atoms with E-state index in [2.05, 4.69) is 41.5 Å². The summed E-state index contributed by atoms with van der Waals surface area (Å²) in [7, 11) is 0. The molecular formula is C25H21Cl2N3O. The summed E-state index contributed by atoms with van der Waals surface area (Å²) >= 11 is 12.3. The molecule has 0 saturated carbocycles. The zero-order valence-corrected chi connectivity index (χ0v) is 18.5. The molecule has 3 aromatic carbocycles. The number of fused-ring (bicyclic) bond motifs is 3. The fraction of sp³-hybridized carbons (Fsp3) is 0.160. The first-order valence-electron chi connectivity index (χ1n) is 10.2. The van der Waals surface area contributed by atoms with E-state index in [1.165, 1.54) is 11.1 Å². The molecule has 156 valence electrons. The Hall–Kier alpha value is -2.95. The third kappa shape index (κ3) is 3.78. The highest BCUT2D eigenvalue weighted by molar-refractivity contribution is 6.31. The van der Waals surface area contributed by atoms with Crippen LogP contribution in [-0.4, -0.2) is 22.5 Å². The maximum atomic E-state index is 13.3. The van der Waals surface area contributed by atoms with Gasteiger partial charge >= 0.3 is 6.03 Å². The second kappa shape index (κ2) is 7.95. The van der Waals surface area contributed by atoms with Crippen molar-refractivity contribution < 1.29 is 4.79 Å². The molecule has 1 aliphatic rings. The van der Waals surface area contributed by atoms with Crippen LogP contribution in [0.15, 0.2) is 66.7 Å². The van der Waals surface area contributed by atoms with Gasteiger partial charge in [-0.05, 0) is 66.9 Å². The highest BCUT2D eigenvalue weighted by Gasteiger charge is 2.34. The van der Waals surface area contributed by atoms with Crippen molar-refractivity contribution in [2.24, 2.45) is 0 Å². The van der Waals surface area contributed by atoms with Crippen LogP contribution in [0.25, 0.3) is 10.9 Å². The predicted octanol–water partition coefficient (Wildman–Crippen LogP) is 6.96. The Morgan fingerprint density at radius 2 is 1.71 bits per heavy atom. The number of urea groups is 1. The zero-order chi connectivity index (χ0) is 21.5. The van der Waals surface area contributed by atoms with E-state index in [4.69, 9.17) is 23.2 Å². The third-order valence-electron chi connectivity index (χ3n) is 5.84. The SMILES string of the molecule is Cc1ccc(C2c3[nH]c4ccc(Cl)cc4c3CCN2C(=O)Nc2ccc(Cl)cc2)cc1. The van der Waals surface area contributed by atoms with Crippen LogP contribution in [0, 0.1) is 6.92 Å². The average molecular weight is 450 g/mol. The maximum absolute atomic E-state index is 13.3. The number of halogens is 2. The maximum Gasteiger partial charge on any atom is 0.322 e. The van der Waals surface area contributed by atoms with Crippen molar-refractivity contribution in [1.82, 2.24) is 9.88 Å². The van der Waals surface area contributed by atoms with Gasteiger partial charge in [-0.25, -0.2) is 4.79 Å². The number of H-pyrrole nitrogens is 1. The van der Waals surface area contributed by atoms with Gasteiger partial charge in [0.1, 0.15) is 0 Å². The first-order valence-corrected chi connectivity index (χ1v) is 10.9. The Morgan fingerprint density at radius 3 is 2.45 bits per heavy atom. The van der Waals surface area contributed by atoms with Crippen LogP contribution in [0.4, 0.5) is 10.5 Å². The van der Waals surface area contributed by atoms with Crippen molar-refractivity contribution >= 4 is 45.8 Å². The van der Waals surface area contributed by atoms with Crippen molar-refractivity contribution in [3.63, 3.8) is 0 Å². The number of carbonyl (C=O) groups is 1. The van der Waals surface area contributed by atoms with E-state index in [9.17, 15) is 4.79 Å². The van der Waals surface area contributed by atoms with Crippen LogP contribution in [-0.2, 0) is 6.42 Å². The van der Waals surface area contributed by atoms with Gasteiger partial charge in [-0.2, -0.15) is 0 Å². The lowest BCUT2D eigenvalue weighted by Crippen LogP contribution is -2.43. The van der Waals surface area contributed by atoms with Gasteiger partial charge in [0.2, 0.25) is 0 Å². The number of hydrogen-bond donors (Lipinski definition) is 2. The van der Waals surface area contributed by atoms with Gasteiger partial charge in [0.05, 0.1) is 6.04 Å². The fourth-order valence-corrected chi connectivity index (χ4v) is 4.60. The molecule has 0 saturated heterocycles. The number of aryl methyl sites for hydroxylation is 1. The van der Waals surface area contributed by atoms with Crippen LogP contribution >= 0.6 is 23.2 Å². The molecule has 2 N–H and O–H groups in total. The summed E-state index contributed by atoms with van der Waals surface area (Å²) in [6, 6.07) is 21.0. The van der Waals surface area contributed by atoms with E-state index in [0.29, 0.717) is 22.3 Å². The van der Waals surface area contributed by atoms with Gasteiger partial charge in [-0.1, -0.05) is 53.0 Å². The van der Waals surface area contributed by atoms with Gasteiger partial charge in [0.25, 0.3) is 0 Å². The van der Waals surface area contributed by atoms with Crippen molar-refractivity contribution in [1.29, 1.82) is 0 Å². The molecule has 31 heavy (non-hydrogen) atoms. The average Bonchev–Trinajstić information content (AvgIpc) is 3.13. The number of nitrogens with one attached hydrogen (secondary N) is 2. The third-order valence-corrected chi connectivity index (χ3v) is 6.33. The minimum atomic E-state index is -0.220. The van der Waals surface area contributed by atoms with Gasteiger partial charge in [-0.15, -0.1) is 0 Å². The van der Waals surface area contributed by atoms with Crippen LogP contribution in [0.1, 0.15) is 28.4 Å². The number of rotatable bonds is 2. The molecule has 0 spiro atoms. The lowest BCUT2D eigenvalue weighted by molar-refractivity contribution is 0.193. The molecule has 5 rings (SSSR count). The number of carbonyl (C=O) groups excluding carboxylic acids is 1. The Bertz CT molecular complexity index is 1260. The first kappa shape index (κ1) is 20.0. The van der Waals surface area contributed by atoms with E-state index in [0.717, 1.165) is 28.6 Å². The molecule has 1 atom stereocenters. The molecule has 0 aliphatic carbocycles. The summed E-state index contributed by atoms with van der Waals surface area (Å²) in [4.78, 5) is 18.8. The molecule has 0 radical (unpaired) electrons. The quantitative estimate of drug-likeness (QED) is 0.341. The number of amides is 2. The molecule has 4 nitrogen and oxygen atoms in total. The summed E-state index contributed by atoms with van der Waals surface area (Å²) in [6.07, 6.45) is 0.756. The van der Waals surface area contributed by atoms with Crippen LogP contribution in [0.5, 0.6) is 0 Å². The number of aromatic amines is 1. The van der Waals surface area contributed by atoms with E-state index in [1.807, 2.05) is 23.1 Å². The Balaban J connectivity index is 1.58. The molecule has 4 aromatic rings. The van der Waals surface area contributed by atoms with E-state index in [-0.39, 0.29) is 12.1 Å². The Labute approximate surface area is 190 Å². The minimum Gasteiger partial charge on any atom is -0.356 e. The van der Waals surface area contributed by atoms with E-state index in [1.54, 1.807) is 24.3 Å². The number of anilines is 1. The molecule has 1 unspecified atom stereocenters. The van der Waals surface area contributed by atoms with E-state index < -0.39 is 0 Å². The molecule has 6 heteroatoms. The highest BCUT2D eigenvalue weighted by Crippen LogP contribution is 2.39. The standard InChI is InChI=1S/C25H21Cl2N3O/c1-15-2-4-16(5-3-15)24-23-20(21-14-18(27)8-11-22(21)29-23)12-13-30(24)25(31)28-19-9-6-17(26)7-10-19/h2-11,14,24,29H,12-13H2,1H3,(H,28,31). The molecule has 1 aromatic heterocycles. The lowest BCUT2D eigenvalue weighted by atomic mass is 9.92. The minimum absolute atomic E-state index is 0.143. The van der Waals surface area contributed by atoms with Crippen LogP contribution in [0.2, 0.25) is 10.0 Å². The first-order chi connectivity index (χ1) is 15.0. The number of benzene rings is 3. The molecule has 0 fully saturated rings. The predicted molar refractivity (Wildman–Crippen MR) is 127 cm³/mol. The van der Waals surface area contributed by atoms with Crippen molar-refractivity contribution in [3.8, 4) is 0 Å². The molecule has 0 bridgehead atoms. The Kier molecular flexibility index (Phi) is 5.12. The van der Waals surface area contributed by atoms with Gasteiger partial charge in [0.15, 0.2) is 0 Å². The van der Waals surface area contributed by atoms with Crippen LogP contribution < -0.4 is 5.32 Å². The van der Waals surface area contributed by atoms with Crippen molar-refractivity contribution in [2.45, 2.75) is 19.4 Å². The second-order valence-electron chi connectivity index (χ2n) is 7.90. The number of hydrogen-bond acceptors (Lipinski definition) is 1. The number of aromatic nitrogens is 1. The topological polar surface area (TPSA) is 48.1 Å². The monoisotopic (exact) mass is 449 g/mol. The fourth-order valence-electron chi connectivity index (χ4n) is 4.30. The molecule has 2 heterocycles. The summed E-state index contributed by atoms with van der Waals surface area (Å²) in [5.41, 5.74) is 6.26. The van der Waals surface area contributed by atoms with E-state index >= 15 is 0 Å². The van der Waals surface area contributed by atoms with Crippen LogP contribution in [0.3, 0.4) is 0 Å². The smallest absolute Gasteiger partial charge is 0.322 e. The molecular weight excluding hydrogens is 429 g/mol. The van der Waals surface area contributed by atoms with Crippen molar-refractivity contribution in [3.05, 3.63) is 99.2 Å². The lowest BCUT2D eigenvalue weighted by Gasteiger charge is -2.36. The van der Waals surface area contributed by atoms with Crippen molar-refractivity contribution in [2.75, 3.05) is 11.9 Å². The summed E-state index contributed by atoms with van der Waals surface area (Å²) in [5, 5.41) is 5.49. The van der Waals surface area contributed by atoms with Gasteiger partial charge in [-0.3, -0.25) is 0 Å². The van der Waals surface area contributed by atoms with Gasteiger partial charge in [0, 0.05) is 38.9 Å². The Morgan fingerprint density at radius 1 is 1.00 bits per heavy atom. The number of nitrogens with zero attached hydrogens (tertiary/aromatic N) is 1.